The molecular formula is C18H22N2O5. The minimum Gasteiger partial charge on any atom is -0.497 e. The molecule has 0 bridgehead atoms. The van der Waals surface area contributed by atoms with Crippen molar-refractivity contribution < 1.29 is 24.2 Å². The van der Waals surface area contributed by atoms with Crippen LogP contribution in [-0.4, -0.2) is 48.3 Å². The Hall–Kier alpha value is -2.67. The van der Waals surface area contributed by atoms with Crippen LogP contribution in [0.5, 0.6) is 5.75 Å². The van der Waals surface area contributed by atoms with Crippen LogP contribution in [0, 0.1) is 6.92 Å². The maximum Gasteiger partial charge on any atom is 0.305 e. The van der Waals surface area contributed by atoms with Gasteiger partial charge in [-0.15, -0.1) is 0 Å². The number of aryl methyl sites for hydroxylation is 1. The van der Waals surface area contributed by atoms with Crippen LogP contribution in [0.3, 0.4) is 0 Å². The first-order valence-corrected chi connectivity index (χ1v) is 7.76. The van der Waals surface area contributed by atoms with Crippen LogP contribution in [0.2, 0.25) is 0 Å². The molecule has 7 heteroatoms. The molecule has 134 valence electrons. The number of amides is 1. The van der Waals surface area contributed by atoms with Crippen LogP contribution in [0.1, 0.15) is 29.4 Å². The van der Waals surface area contributed by atoms with Gasteiger partial charge < -0.3 is 19.9 Å². The fourth-order valence-electron chi connectivity index (χ4n) is 2.73. The number of aliphatic carboxylic acids is 1. The van der Waals surface area contributed by atoms with E-state index >= 15 is 0 Å². The standard InChI is InChI=1S/C18H22N2O5/c1-11-14(7-12-5-6-13(25-4)8-15(12)19-11)17(23)20-18(2,10-24-3)9-16(21)22/h5-8H,9-10H2,1-4H3,(H,20,23)(H,21,22). The first-order valence-electron chi connectivity index (χ1n) is 7.76. The molecule has 2 aromatic rings. The van der Waals surface area contributed by atoms with Crippen LogP contribution in [0.15, 0.2) is 24.3 Å². The molecule has 0 radical (unpaired) electrons. The number of hydrogen-bond donors (Lipinski definition) is 2. The molecule has 1 aromatic heterocycles. The molecule has 0 fully saturated rings. The number of carboxylic acids is 1. The maximum atomic E-state index is 12.7. The normalized spacial score (nSPS) is 13.3. The van der Waals surface area contributed by atoms with Crippen molar-refractivity contribution in [2.24, 2.45) is 0 Å². The highest BCUT2D eigenvalue weighted by Gasteiger charge is 2.30. The minimum absolute atomic E-state index is 0.0856. The van der Waals surface area contributed by atoms with E-state index in [1.807, 2.05) is 6.07 Å². The van der Waals surface area contributed by atoms with Crippen LogP contribution >= 0.6 is 0 Å². The van der Waals surface area contributed by atoms with Gasteiger partial charge in [0.1, 0.15) is 5.75 Å². The zero-order valence-electron chi connectivity index (χ0n) is 14.8. The van der Waals surface area contributed by atoms with E-state index in [0.29, 0.717) is 17.0 Å². The zero-order chi connectivity index (χ0) is 18.6. The lowest BCUT2D eigenvalue weighted by Crippen LogP contribution is -2.50. The Morgan fingerprint density at radius 2 is 2.00 bits per heavy atom. The fourth-order valence-corrected chi connectivity index (χ4v) is 2.73. The summed E-state index contributed by atoms with van der Waals surface area (Å²) in [5.41, 5.74) is 0.649. The van der Waals surface area contributed by atoms with E-state index in [1.165, 1.54) is 7.11 Å². The first kappa shape index (κ1) is 18.7. The van der Waals surface area contributed by atoms with Crippen molar-refractivity contribution in [3.63, 3.8) is 0 Å². The molecule has 1 unspecified atom stereocenters. The lowest BCUT2D eigenvalue weighted by molar-refractivity contribution is -0.139. The monoisotopic (exact) mass is 346 g/mol. The minimum atomic E-state index is -1.01. The number of fused-ring (bicyclic) bond motifs is 1. The van der Waals surface area contributed by atoms with Crippen molar-refractivity contribution in [3.05, 3.63) is 35.5 Å². The maximum absolute atomic E-state index is 12.7. The smallest absolute Gasteiger partial charge is 0.305 e. The third kappa shape index (κ3) is 4.45. The molecule has 1 heterocycles. The average Bonchev–Trinajstić information content (AvgIpc) is 2.52. The Morgan fingerprint density at radius 3 is 2.60 bits per heavy atom. The highest BCUT2D eigenvalue weighted by Crippen LogP contribution is 2.22. The third-order valence-corrected chi connectivity index (χ3v) is 3.88. The summed E-state index contributed by atoms with van der Waals surface area (Å²) in [5.74, 6) is -0.713. The third-order valence-electron chi connectivity index (χ3n) is 3.88. The van der Waals surface area contributed by atoms with Crippen molar-refractivity contribution >= 4 is 22.8 Å². The molecule has 0 saturated carbocycles. The fraction of sp³-hybridized carbons (Fsp3) is 0.389. The van der Waals surface area contributed by atoms with Crippen molar-refractivity contribution in [2.45, 2.75) is 25.8 Å². The van der Waals surface area contributed by atoms with Crippen molar-refractivity contribution in [3.8, 4) is 5.75 Å². The number of carbonyl (C=O) groups is 2. The van der Waals surface area contributed by atoms with Crippen LogP contribution in [0.25, 0.3) is 10.9 Å². The summed E-state index contributed by atoms with van der Waals surface area (Å²) >= 11 is 0. The number of benzene rings is 1. The Kier molecular flexibility index (Phi) is 5.58. The second-order valence-electron chi connectivity index (χ2n) is 6.20. The van der Waals surface area contributed by atoms with Gasteiger partial charge in [-0.25, -0.2) is 0 Å². The topological polar surface area (TPSA) is 97.8 Å². The molecule has 2 rings (SSSR count). The van der Waals surface area contributed by atoms with Gasteiger partial charge in [-0.2, -0.15) is 0 Å². The highest BCUT2D eigenvalue weighted by atomic mass is 16.5. The van der Waals surface area contributed by atoms with Gasteiger partial charge in [-0.05, 0) is 32.0 Å². The summed E-state index contributed by atoms with van der Waals surface area (Å²) in [6.07, 6.45) is -0.246. The van der Waals surface area contributed by atoms with Gasteiger partial charge in [-0.1, -0.05) is 0 Å². The van der Waals surface area contributed by atoms with Crippen molar-refractivity contribution in [2.75, 3.05) is 20.8 Å². The quantitative estimate of drug-likeness (QED) is 0.797. The van der Waals surface area contributed by atoms with E-state index in [0.717, 1.165) is 10.9 Å². The van der Waals surface area contributed by atoms with Crippen LogP contribution < -0.4 is 10.1 Å². The number of nitrogens with one attached hydrogen (secondary N) is 1. The molecule has 7 nitrogen and oxygen atoms in total. The summed E-state index contributed by atoms with van der Waals surface area (Å²) < 4.78 is 10.2. The predicted molar refractivity (Wildman–Crippen MR) is 93.0 cm³/mol. The lowest BCUT2D eigenvalue weighted by Gasteiger charge is -2.28. The van der Waals surface area contributed by atoms with E-state index in [9.17, 15) is 9.59 Å². The first-order chi connectivity index (χ1) is 11.8. The molecule has 0 saturated heterocycles. The average molecular weight is 346 g/mol. The second kappa shape index (κ2) is 7.48. The molecule has 2 N–H and O–H groups in total. The number of methoxy groups -OCH3 is 2. The molecule has 0 spiro atoms. The number of hydrogen-bond acceptors (Lipinski definition) is 5. The van der Waals surface area contributed by atoms with E-state index in [2.05, 4.69) is 10.3 Å². The van der Waals surface area contributed by atoms with Gasteiger partial charge >= 0.3 is 5.97 Å². The number of rotatable bonds is 7. The molecule has 1 atom stereocenters. The Morgan fingerprint density at radius 1 is 1.28 bits per heavy atom. The van der Waals surface area contributed by atoms with Crippen LogP contribution in [-0.2, 0) is 9.53 Å². The van der Waals surface area contributed by atoms with Gasteiger partial charge in [0.05, 0.1) is 42.5 Å². The number of carboxylic acid groups (broad SMARTS) is 1. The Labute approximate surface area is 146 Å². The van der Waals surface area contributed by atoms with E-state index in [1.54, 1.807) is 39.2 Å². The number of pyridine rings is 1. The zero-order valence-corrected chi connectivity index (χ0v) is 14.8. The number of carbonyl (C=O) groups excluding carboxylic acids is 1. The summed E-state index contributed by atoms with van der Waals surface area (Å²) in [5, 5.41) is 12.6. The summed E-state index contributed by atoms with van der Waals surface area (Å²) in [6.45, 7) is 3.46. The van der Waals surface area contributed by atoms with Gasteiger partial charge in [0.15, 0.2) is 0 Å². The van der Waals surface area contributed by atoms with E-state index in [-0.39, 0.29) is 18.9 Å². The molecular weight excluding hydrogens is 324 g/mol. The Balaban J connectivity index is 2.34. The summed E-state index contributed by atoms with van der Waals surface area (Å²) in [7, 11) is 3.04. The molecule has 1 aromatic carbocycles. The van der Waals surface area contributed by atoms with Gasteiger partial charge in [0, 0.05) is 18.6 Å². The molecule has 25 heavy (non-hydrogen) atoms. The van der Waals surface area contributed by atoms with Crippen molar-refractivity contribution in [1.29, 1.82) is 0 Å². The number of nitrogens with zero attached hydrogens (tertiary/aromatic N) is 1. The van der Waals surface area contributed by atoms with E-state index in [4.69, 9.17) is 14.6 Å². The van der Waals surface area contributed by atoms with Gasteiger partial charge in [-0.3, -0.25) is 14.6 Å². The number of ether oxygens (including phenoxy) is 2. The molecule has 1 amide bonds. The lowest BCUT2D eigenvalue weighted by atomic mass is 9.97. The summed E-state index contributed by atoms with van der Waals surface area (Å²) in [6, 6.07) is 7.15. The SMILES string of the molecule is COCC(C)(CC(=O)O)NC(=O)c1cc2ccc(OC)cc2nc1C. The second-order valence-corrected chi connectivity index (χ2v) is 6.20. The summed E-state index contributed by atoms with van der Waals surface area (Å²) in [4.78, 5) is 28.2. The molecule has 0 aliphatic rings. The number of aromatic nitrogens is 1. The van der Waals surface area contributed by atoms with Crippen molar-refractivity contribution in [1.82, 2.24) is 10.3 Å². The predicted octanol–water partition coefficient (Wildman–Crippen LogP) is 2.16. The van der Waals surface area contributed by atoms with Gasteiger partial charge in [0.25, 0.3) is 5.91 Å². The molecule has 0 aliphatic heterocycles. The van der Waals surface area contributed by atoms with Gasteiger partial charge in [0.2, 0.25) is 0 Å². The largest absolute Gasteiger partial charge is 0.497 e. The highest BCUT2D eigenvalue weighted by molar-refractivity contribution is 5.99. The van der Waals surface area contributed by atoms with Crippen LogP contribution in [0.4, 0.5) is 0 Å². The Bertz CT molecular complexity index is 805. The van der Waals surface area contributed by atoms with E-state index < -0.39 is 11.5 Å². The molecule has 0 aliphatic carbocycles.